The first-order chi connectivity index (χ1) is 17.4. The highest BCUT2D eigenvalue weighted by atomic mass is 32.2. The zero-order chi connectivity index (χ0) is 25.6. The molecule has 10 nitrogen and oxygen atoms in total. The fraction of sp³-hybridized carbons (Fsp3) is 0.560. The smallest absolute Gasteiger partial charge is 0.271 e. The van der Waals surface area contributed by atoms with Gasteiger partial charge in [-0.15, -0.1) is 11.8 Å². The van der Waals surface area contributed by atoms with Crippen LogP contribution in [0.4, 0.5) is 5.82 Å². The van der Waals surface area contributed by atoms with Crippen LogP contribution in [0.3, 0.4) is 0 Å². The van der Waals surface area contributed by atoms with E-state index in [2.05, 4.69) is 9.88 Å². The second-order valence-corrected chi connectivity index (χ2v) is 10.2. The van der Waals surface area contributed by atoms with Gasteiger partial charge in [0.2, 0.25) is 6.29 Å². The molecule has 2 aliphatic carbocycles. The van der Waals surface area contributed by atoms with Gasteiger partial charge in [0.1, 0.15) is 16.9 Å². The molecule has 0 atom stereocenters. The monoisotopic (exact) mass is 512 g/mol. The van der Waals surface area contributed by atoms with E-state index in [-0.39, 0.29) is 18.1 Å². The molecule has 11 heteroatoms. The van der Waals surface area contributed by atoms with Crippen LogP contribution in [0.25, 0.3) is 22.1 Å². The lowest BCUT2D eigenvalue weighted by Gasteiger charge is -2.22. The first-order valence-electron chi connectivity index (χ1n) is 12.3. The van der Waals surface area contributed by atoms with E-state index in [0.717, 1.165) is 36.6 Å². The van der Waals surface area contributed by atoms with Gasteiger partial charge in [0, 0.05) is 45.3 Å². The average molecular weight is 513 g/mol. The van der Waals surface area contributed by atoms with Crippen LogP contribution in [-0.4, -0.2) is 79.6 Å². The number of ether oxygens (including phenoxy) is 2. The maximum absolute atomic E-state index is 13.7. The first-order valence-corrected chi connectivity index (χ1v) is 13.5. The van der Waals surface area contributed by atoms with E-state index in [0.29, 0.717) is 46.3 Å². The maximum Gasteiger partial charge on any atom is 0.271 e. The second-order valence-electron chi connectivity index (χ2n) is 9.33. The SMILES string of the molecule is CCn1c(C(=O)N(C2CC2)C2CC2)cc2c3c(ncn3C)c(N=C(CC(=O)C(OC)OC)SC)nc21. The number of methoxy groups -OCH3 is 2. The van der Waals surface area contributed by atoms with Gasteiger partial charge in [-0.25, -0.2) is 15.0 Å². The van der Waals surface area contributed by atoms with Crippen molar-refractivity contribution < 1.29 is 19.1 Å². The van der Waals surface area contributed by atoms with E-state index in [1.807, 2.05) is 35.4 Å². The highest BCUT2D eigenvalue weighted by Crippen LogP contribution is 2.40. The van der Waals surface area contributed by atoms with Crippen LogP contribution in [0.5, 0.6) is 0 Å². The summed E-state index contributed by atoms with van der Waals surface area (Å²) in [6.45, 7) is 2.62. The minimum atomic E-state index is -0.945. The number of fused-ring (bicyclic) bond motifs is 3. The van der Waals surface area contributed by atoms with E-state index in [1.165, 1.54) is 26.0 Å². The molecule has 0 bridgehead atoms. The Balaban J connectivity index is 1.62. The van der Waals surface area contributed by atoms with Crippen molar-refractivity contribution in [2.75, 3.05) is 20.5 Å². The van der Waals surface area contributed by atoms with Crippen molar-refractivity contribution in [1.29, 1.82) is 0 Å². The molecule has 36 heavy (non-hydrogen) atoms. The zero-order valence-corrected chi connectivity index (χ0v) is 22.2. The van der Waals surface area contributed by atoms with Crippen LogP contribution < -0.4 is 0 Å². The minimum Gasteiger partial charge on any atom is -0.349 e. The van der Waals surface area contributed by atoms with Crippen LogP contribution >= 0.6 is 11.8 Å². The quantitative estimate of drug-likeness (QED) is 0.232. The fourth-order valence-corrected chi connectivity index (χ4v) is 5.27. The number of imidazole rings is 1. The summed E-state index contributed by atoms with van der Waals surface area (Å²) in [5.74, 6) is 0.284. The largest absolute Gasteiger partial charge is 0.349 e. The molecular formula is C25H32N6O4S. The number of hydrogen-bond acceptors (Lipinski definition) is 8. The van der Waals surface area contributed by atoms with Gasteiger partial charge in [0.05, 0.1) is 23.3 Å². The molecule has 2 aliphatic rings. The van der Waals surface area contributed by atoms with Gasteiger partial charge in [-0.3, -0.25) is 9.59 Å². The molecular weight excluding hydrogens is 480 g/mol. The number of rotatable bonds is 10. The molecule has 5 rings (SSSR count). The Bertz CT molecular complexity index is 1340. The Labute approximate surface area is 214 Å². The number of carbonyl (C=O) groups is 2. The van der Waals surface area contributed by atoms with Gasteiger partial charge in [0.15, 0.2) is 11.6 Å². The van der Waals surface area contributed by atoms with Crippen LogP contribution in [0.15, 0.2) is 17.4 Å². The van der Waals surface area contributed by atoms with E-state index >= 15 is 0 Å². The molecule has 0 radical (unpaired) electrons. The second kappa shape index (κ2) is 9.95. The molecule has 3 aromatic heterocycles. The van der Waals surface area contributed by atoms with Crippen molar-refractivity contribution in [3.05, 3.63) is 18.1 Å². The third-order valence-electron chi connectivity index (χ3n) is 6.82. The van der Waals surface area contributed by atoms with Crippen molar-refractivity contribution in [1.82, 2.24) is 24.0 Å². The van der Waals surface area contributed by atoms with Crippen molar-refractivity contribution >= 4 is 56.4 Å². The van der Waals surface area contributed by atoms with Crippen LogP contribution in [-0.2, 0) is 27.9 Å². The molecule has 1 amide bonds. The summed E-state index contributed by atoms with van der Waals surface area (Å²) in [7, 11) is 4.79. The molecule has 2 fully saturated rings. The molecule has 2 saturated carbocycles. The minimum absolute atomic E-state index is 0.0534. The molecule has 3 heterocycles. The standard InChI is InChI=1S/C25H32N6O4S/c1-6-30-17(24(33)31(14-7-8-14)15-9-10-15)11-16-21-20(26-13-29(21)2)22(28-23(16)30)27-19(36-5)12-18(32)25(34-3)35-4/h11,13-15,25H,6-10,12H2,1-5H3. The van der Waals surface area contributed by atoms with E-state index in [9.17, 15) is 9.59 Å². The summed E-state index contributed by atoms with van der Waals surface area (Å²) in [6.07, 6.45) is 7.04. The van der Waals surface area contributed by atoms with E-state index < -0.39 is 6.29 Å². The number of pyridine rings is 1. The Morgan fingerprint density at radius 1 is 1.22 bits per heavy atom. The lowest BCUT2D eigenvalue weighted by atomic mass is 10.2. The summed E-state index contributed by atoms with van der Waals surface area (Å²) in [5, 5.41) is 1.46. The molecule has 0 unspecified atom stereocenters. The zero-order valence-electron chi connectivity index (χ0n) is 21.4. The van der Waals surface area contributed by atoms with Crippen molar-refractivity contribution in [3.8, 4) is 0 Å². The summed E-state index contributed by atoms with van der Waals surface area (Å²) in [6, 6.07) is 2.69. The van der Waals surface area contributed by atoms with Crippen LogP contribution in [0.1, 0.15) is 49.5 Å². The molecule has 0 saturated heterocycles. The fourth-order valence-electron chi connectivity index (χ4n) is 4.81. The predicted molar refractivity (Wildman–Crippen MR) is 140 cm³/mol. The first kappa shape index (κ1) is 24.9. The lowest BCUT2D eigenvalue weighted by molar-refractivity contribution is -0.155. The molecule has 0 aromatic carbocycles. The summed E-state index contributed by atoms with van der Waals surface area (Å²) >= 11 is 1.37. The summed E-state index contributed by atoms with van der Waals surface area (Å²) in [4.78, 5) is 42.6. The lowest BCUT2D eigenvalue weighted by Crippen LogP contribution is -2.36. The topological polar surface area (TPSA) is 104 Å². The van der Waals surface area contributed by atoms with Crippen LogP contribution in [0.2, 0.25) is 0 Å². The molecule has 0 aliphatic heterocycles. The Kier molecular flexibility index (Phi) is 6.88. The van der Waals surface area contributed by atoms with Gasteiger partial charge < -0.3 is 23.5 Å². The highest BCUT2D eigenvalue weighted by Gasteiger charge is 2.43. The van der Waals surface area contributed by atoms with Crippen molar-refractivity contribution in [2.45, 2.75) is 63.9 Å². The Hall–Kier alpha value is -2.76. The Morgan fingerprint density at radius 3 is 2.44 bits per heavy atom. The van der Waals surface area contributed by atoms with E-state index in [1.54, 1.807) is 6.33 Å². The Morgan fingerprint density at radius 2 is 1.89 bits per heavy atom. The van der Waals surface area contributed by atoms with Crippen molar-refractivity contribution in [2.24, 2.45) is 12.0 Å². The normalized spacial score (nSPS) is 16.4. The number of amides is 1. The summed E-state index contributed by atoms with van der Waals surface area (Å²) < 4.78 is 14.1. The van der Waals surface area contributed by atoms with Gasteiger partial charge >= 0.3 is 0 Å². The number of aryl methyl sites for hydroxylation is 2. The third kappa shape index (κ3) is 4.44. The number of thioether (sulfide) groups is 1. The molecule has 0 N–H and O–H groups in total. The molecule has 192 valence electrons. The van der Waals surface area contributed by atoms with Crippen LogP contribution in [0, 0.1) is 0 Å². The molecule has 0 spiro atoms. The number of carbonyl (C=O) groups excluding carboxylic acids is 2. The maximum atomic E-state index is 13.7. The van der Waals surface area contributed by atoms with Gasteiger partial charge in [-0.1, -0.05) is 0 Å². The predicted octanol–water partition coefficient (Wildman–Crippen LogP) is 3.68. The number of nitrogens with zero attached hydrogens (tertiary/aromatic N) is 6. The number of ketones is 1. The number of Topliss-reactive ketones (excluding diaryl/α,β-unsaturated/α-hetero) is 1. The van der Waals surface area contributed by atoms with Gasteiger partial charge in [-0.05, 0) is 44.9 Å². The van der Waals surface area contributed by atoms with Gasteiger partial charge in [-0.2, -0.15) is 0 Å². The highest BCUT2D eigenvalue weighted by molar-refractivity contribution is 8.13. The van der Waals surface area contributed by atoms with E-state index in [4.69, 9.17) is 19.5 Å². The average Bonchev–Trinajstić information content (AvgIpc) is 3.80. The van der Waals surface area contributed by atoms with Crippen molar-refractivity contribution in [3.63, 3.8) is 0 Å². The molecule has 3 aromatic rings. The number of aromatic nitrogens is 4. The third-order valence-corrected chi connectivity index (χ3v) is 7.52. The number of aliphatic imine (C=N–C) groups is 1. The summed E-state index contributed by atoms with van der Waals surface area (Å²) in [5.41, 5.74) is 2.85. The van der Waals surface area contributed by atoms with Gasteiger partial charge in [0.25, 0.3) is 5.91 Å². The number of hydrogen-bond donors (Lipinski definition) is 0.